The van der Waals surface area contributed by atoms with Gasteiger partial charge in [0.1, 0.15) is 5.60 Å². The van der Waals surface area contributed by atoms with E-state index in [-0.39, 0.29) is 5.91 Å². The van der Waals surface area contributed by atoms with Gasteiger partial charge < -0.3 is 15.8 Å². The first kappa shape index (κ1) is 16.0. The van der Waals surface area contributed by atoms with E-state index in [1.807, 2.05) is 38.1 Å². The SMILES string of the molecule is CC(=O)NCCc1ccc(CC(C)(C)OC(N)=O)cc1. The number of ether oxygens (including phenoxy) is 1. The van der Waals surface area contributed by atoms with Gasteiger partial charge in [-0.05, 0) is 31.4 Å². The molecule has 2 amide bonds. The molecule has 0 aliphatic heterocycles. The quantitative estimate of drug-likeness (QED) is 0.832. The number of nitrogens with two attached hydrogens (primary N) is 1. The summed E-state index contributed by atoms with van der Waals surface area (Å²) in [6, 6.07) is 8.01. The van der Waals surface area contributed by atoms with E-state index in [0.29, 0.717) is 13.0 Å². The lowest BCUT2D eigenvalue weighted by atomic mass is 9.97. The number of carbonyl (C=O) groups is 2. The lowest BCUT2D eigenvalue weighted by Gasteiger charge is -2.24. The molecule has 0 bridgehead atoms. The topological polar surface area (TPSA) is 81.4 Å². The van der Waals surface area contributed by atoms with E-state index in [2.05, 4.69) is 5.32 Å². The fourth-order valence-electron chi connectivity index (χ4n) is 2.01. The molecule has 0 aliphatic rings. The van der Waals surface area contributed by atoms with E-state index < -0.39 is 11.7 Å². The monoisotopic (exact) mass is 278 g/mol. The minimum absolute atomic E-state index is 0.0213. The average molecular weight is 278 g/mol. The molecule has 0 aliphatic carbocycles. The van der Waals surface area contributed by atoms with Gasteiger partial charge in [0.25, 0.3) is 0 Å². The van der Waals surface area contributed by atoms with Crippen LogP contribution in [0, 0.1) is 0 Å². The Labute approximate surface area is 119 Å². The molecule has 0 spiro atoms. The molecule has 110 valence electrons. The molecule has 0 radical (unpaired) electrons. The third-order valence-corrected chi connectivity index (χ3v) is 2.82. The van der Waals surface area contributed by atoms with Crippen molar-refractivity contribution in [2.24, 2.45) is 5.73 Å². The van der Waals surface area contributed by atoms with E-state index in [9.17, 15) is 9.59 Å². The highest BCUT2D eigenvalue weighted by Crippen LogP contribution is 2.17. The molecule has 0 aromatic heterocycles. The third-order valence-electron chi connectivity index (χ3n) is 2.82. The Morgan fingerprint density at radius 3 is 2.25 bits per heavy atom. The second-order valence-corrected chi connectivity index (χ2v) is 5.41. The van der Waals surface area contributed by atoms with Crippen LogP contribution in [0.3, 0.4) is 0 Å². The van der Waals surface area contributed by atoms with Crippen molar-refractivity contribution >= 4 is 12.0 Å². The smallest absolute Gasteiger partial charge is 0.405 e. The maximum absolute atomic E-state index is 10.8. The molecular formula is C15H22N2O3. The van der Waals surface area contributed by atoms with Crippen LogP contribution in [0.25, 0.3) is 0 Å². The second kappa shape index (κ2) is 6.93. The molecule has 0 heterocycles. The van der Waals surface area contributed by atoms with Crippen LogP contribution in [0.4, 0.5) is 4.79 Å². The minimum atomic E-state index is -0.762. The Balaban J connectivity index is 2.53. The summed E-state index contributed by atoms with van der Waals surface area (Å²) in [5.41, 5.74) is 6.64. The lowest BCUT2D eigenvalue weighted by Crippen LogP contribution is -2.33. The van der Waals surface area contributed by atoms with Crippen LogP contribution in [-0.2, 0) is 22.4 Å². The van der Waals surface area contributed by atoms with Crippen LogP contribution in [0.1, 0.15) is 31.9 Å². The summed E-state index contributed by atoms with van der Waals surface area (Å²) < 4.78 is 5.05. The van der Waals surface area contributed by atoms with Gasteiger partial charge in [0.2, 0.25) is 5.91 Å². The number of carbonyl (C=O) groups excluding carboxylic acids is 2. The molecule has 0 unspecified atom stereocenters. The first-order chi connectivity index (χ1) is 9.28. The van der Waals surface area contributed by atoms with Crippen LogP contribution >= 0.6 is 0 Å². The number of amides is 2. The lowest BCUT2D eigenvalue weighted by molar-refractivity contribution is -0.118. The van der Waals surface area contributed by atoms with Gasteiger partial charge in [-0.15, -0.1) is 0 Å². The van der Waals surface area contributed by atoms with Gasteiger partial charge in [0.05, 0.1) is 0 Å². The standard InChI is InChI=1S/C15H22N2O3/c1-11(18)17-9-8-12-4-6-13(7-5-12)10-15(2,3)20-14(16)19/h4-7H,8-10H2,1-3H3,(H2,16,19)(H,17,18). The number of hydrogen-bond acceptors (Lipinski definition) is 3. The van der Waals surface area contributed by atoms with Gasteiger partial charge in [-0.1, -0.05) is 24.3 Å². The van der Waals surface area contributed by atoms with Crippen molar-refractivity contribution in [1.29, 1.82) is 0 Å². The van der Waals surface area contributed by atoms with Gasteiger partial charge in [0.15, 0.2) is 0 Å². The summed E-state index contributed by atoms with van der Waals surface area (Å²) >= 11 is 0. The zero-order valence-corrected chi connectivity index (χ0v) is 12.2. The van der Waals surface area contributed by atoms with E-state index >= 15 is 0 Å². The highest BCUT2D eigenvalue weighted by molar-refractivity contribution is 5.72. The van der Waals surface area contributed by atoms with Crippen molar-refractivity contribution in [3.8, 4) is 0 Å². The molecule has 0 fully saturated rings. The predicted molar refractivity (Wildman–Crippen MR) is 77.3 cm³/mol. The van der Waals surface area contributed by atoms with Crippen molar-refractivity contribution < 1.29 is 14.3 Å². The van der Waals surface area contributed by atoms with Crippen molar-refractivity contribution in [1.82, 2.24) is 5.32 Å². The number of primary amides is 1. The van der Waals surface area contributed by atoms with Gasteiger partial charge >= 0.3 is 6.09 Å². The van der Waals surface area contributed by atoms with Crippen LogP contribution in [0.2, 0.25) is 0 Å². The highest BCUT2D eigenvalue weighted by Gasteiger charge is 2.22. The van der Waals surface area contributed by atoms with Crippen molar-refractivity contribution in [3.05, 3.63) is 35.4 Å². The van der Waals surface area contributed by atoms with Crippen molar-refractivity contribution in [2.45, 2.75) is 39.2 Å². The molecule has 5 nitrogen and oxygen atoms in total. The first-order valence-electron chi connectivity index (χ1n) is 6.59. The maximum Gasteiger partial charge on any atom is 0.405 e. The molecule has 20 heavy (non-hydrogen) atoms. The Kier molecular flexibility index (Phi) is 5.55. The summed E-state index contributed by atoms with van der Waals surface area (Å²) in [6.07, 6.45) is 0.630. The summed E-state index contributed by atoms with van der Waals surface area (Å²) in [5, 5.41) is 2.76. The Morgan fingerprint density at radius 1 is 1.20 bits per heavy atom. The highest BCUT2D eigenvalue weighted by atomic mass is 16.6. The number of nitrogens with one attached hydrogen (secondary N) is 1. The van der Waals surface area contributed by atoms with Gasteiger partial charge in [-0.25, -0.2) is 4.79 Å². The summed E-state index contributed by atoms with van der Waals surface area (Å²) in [5.74, 6) is -0.0213. The molecule has 1 aromatic carbocycles. The molecule has 3 N–H and O–H groups in total. The van der Waals surface area contributed by atoms with E-state index in [4.69, 9.17) is 10.5 Å². The van der Waals surface area contributed by atoms with Crippen molar-refractivity contribution in [2.75, 3.05) is 6.54 Å². The fourth-order valence-corrected chi connectivity index (χ4v) is 2.01. The van der Waals surface area contributed by atoms with Crippen LogP contribution in [-0.4, -0.2) is 24.1 Å². The van der Waals surface area contributed by atoms with Gasteiger partial charge in [-0.2, -0.15) is 0 Å². The average Bonchev–Trinajstić information content (AvgIpc) is 2.28. The van der Waals surface area contributed by atoms with E-state index in [0.717, 1.165) is 17.5 Å². The first-order valence-corrected chi connectivity index (χ1v) is 6.59. The molecule has 5 heteroatoms. The molecule has 1 rings (SSSR count). The number of hydrogen-bond donors (Lipinski definition) is 2. The number of benzene rings is 1. The molecule has 0 saturated heterocycles. The van der Waals surface area contributed by atoms with Crippen LogP contribution in [0.5, 0.6) is 0 Å². The zero-order chi connectivity index (χ0) is 15.2. The van der Waals surface area contributed by atoms with Gasteiger partial charge in [-0.3, -0.25) is 4.79 Å². The summed E-state index contributed by atoms with van der Waals surface area (Å²) in [4.78, 5) is 21.6. The Bertz CT molecular complexity index is 467. The summed E-state index contributed by atoms with van der Waals surface area (Å²) in [6.45, 7) is 5.78. The normalized spacial score (nSPS) is 10.9. The molecule has 0 atom stereocenters. The fraction of sp³-hybridized carbons (Fsp3) is 0.467. The van der Waals surface area contributed by atoms with Crippen molar-refractivity contribution in [3.63, 3.8) is 0 Å². The zero-order valence-electron chi connectivity index (χ0n) is 12.2. The number of rotatable bonds is 6. The largest absolute Gasteiger partial charge is 0.443 e. The summed E-state index contributed by atoms with van der Waals surface area (Å²) in [7, 11) is 0. The molecular weight excluding hydrogens is 256 g/mol. The van der Waals surface area contributed by atoms with Gasteiger partial charge in [0, 0.05) is 19.9 Å². The van der Waals surface area contributed by atoms with E-state index in [1.165, 1.54) is 6.92 Å². The predicted octanol–water partition coefficient (Wildman–Crippen LogP) is 1.78. The Morgan fingerprint density at radius 2 is 1.75 bits per heavy atom. The Hall–Kier alpha value is -2.04. The second-order valence-electron chi connectivity index (χ2n) is 5.41. The van der Waals surface area contributed by atoms with Crippen LogP contribution in [0.15, 0.2) is 24.3 Å². The maximum atomic E-state index is 10.8. The van der Waals surface area contributed by atoms with E-state index in [1.54, 1.807) is 0 Å². The minimum Gasteiger partial charge on any atom is -0.443 e. The molecule has 1 aromatic rings. The molecule has 0 saturated carbocycles. The third kappa shape index (κ3) is 6.22. The van der Waals surface area contributed by atoms with Crippen LogP contribution < -0.4 is 11.1 Å².